The van der Waals surface area contributed by atoms with E-state index >= 15 is 0 Å². The minimum Gasteiger partial charge on any atom is -0.398 e. The summed E-state index contributed by atoms with van der Waals surface area (Å²) in [5.41, 5.74) is 6.77. The average molecular weight is 237 g/mol. The molecule has 0 heterocycles. The van der Waals surface area contributed by atoms with Gasteiger partial charge in [0.15, 0.2) is 0 Å². The molecule has 0 aromatic heterocycles. The van der Waals surface area contributed by atoms with Gasteiger partial charge in [-0.05, 0) is 12.0 Å². The summed E-state index contributed by atoms with van der Waals surface area (Å²) in [6, 6.07) is 4.59. The van der Waals surface area contributed by atoms with Crippen LogP contribution >= 0.6 is 0 Å². The number of hydrogen-bond donors (Lipinski definition) is 2. The predicted octanol–water partition coefficient (Wildman–Crippen LogP) is 3.03. The third-order valence-electron chi connectivity index (χ3n) is 2.90. The van der Waals surface area contributed by atoms with E-state index in [1.165, 1.54) is 12.1 Å². The van der Waals surface area contributed by atoms with E-state index in [2.05, 4.69) is 19.2 Å². The van der Waals surface area contributed by atoms with Crippen molar-refractivity contribution in [3.8, 4) is 0 Å². The lowest BCUT2D eigenvalue weighted by Gasteiger charge is -2.14. The molecule has 3 N–H and O–H groups in total. The first-order chi connectivity index (χ1) is 8.06. The molecule has 0 saturated carbocycles. The Bertz CT molecular complexity index is 389. The SMILES string of the molecule is CCC(CC)CNc1cc(N)cc([N+](=O)[O-])c1. The van der Waals surface area contributed by atoms with Gasteiger partial charge in [0.25, 0.3) is 5.69 Å². The van der Waals surface area contributed by atoms with Crippen LogP contribution in [0.2, 0.25) is 0 Å². The van der Waals surface area contributed by atoms with E-state index in [9.17, 15) is 10.1 Å². The van der Waals surface area contributed by atoms with Gasteiger partial charge in [0.2, 0.25) is 0 Å². The highest BCUT2D eigenvalue weighted by Crippen LogP contribution is 2.22. The number of nitro benzene ring substituents is 1. The number of nitrogens with one attached hydrogen (secondary N) is 1. The molecule has 0 aliphatic carbocycles. The second-order valence-corrected chi connectivity index (χ2v) is 4.13. The van der Waals surface area contributed by atoms with Crippen LogP contribution in [0.3, 0.4) is 0 Å². The summed E-state index contributed by atoms with van der Waals surface area (Å²) in [5.74, 6) is 0.579. The van der Waals surface area contributed by atoms with Crippen molar-refractivity contribution in [2.45, 2.75) is 26.7 Å². The zero-order valence-electron chi connectivity index (χ0n) is 10.3. The number of nitrogen functional groups attached to an aromatic ring is 1. The summed E-state index contributed by atoms with van der Waals surface area (Å²) < 4.78 is 0. The Balaban J connectivity index is 2.74. The first-order valence-corrected chi connectivity index (χ1v) is 5.85. The highest BCUT2D eigenvalue weighted by Gasteiger charge is 2.09. The summed E-state index contributed by atoms with van der Waals surface area (Å²) in [6.45, 7) is 5.09. The van der Waals surface area contributed by atoms with E-state index in [4.69, 9.17) is 5.73 Å². The largest absolute Gasteiger partial charge is 0.398 e. The van der Waals surface area contributed by atoms with E-state index in [0.717, 1.165) is 19.4 Å². The van der Waals surface area contributed by atoms with Crippen LogP contribution in [0.25, 0.3) is 0 Å². The fraction of sp³-hybridized carbons (Fsp3) is 0.500. The Hall–Kier alpha value is -1.78. The van der Waals surface area contributed by atoms with Gasteiger partial charge in [-0.1, -0.05) is 26.7 Å². The number of non-ortho nitro benzene ring substituents is 1. The maximum absolute atomic E-state index is 10.7. The molecule has 0 amide bonds. The van der Waals surface area contributed by atoms with Gasteiger partial charge in [-0.2, -0.15) is 0 Å². The van der Waals surface area contributed by atoms with Gasteiger partial charge in [0.1, 0.15) is 0 Å². The zero-order valence-corrected chi connectivity index (χ0v) is 10.3. The molecule has 0 saturated heterocycles. The third-order valence-corrected chi connectivity index (χ3v) is 2.90. The van der Waals surface area contributed by atoms with Crippen LogP contribution in [0, 0.1) is 16.0 Å². The fourth-order valence-electron chi connectivity index (χ4n) is 1.68. The zero-order chi connectivity index (χ0) is 12.8. The molecule has 1 aromatic rings. The molecule has 1 rings (SSSR count). The Morgan fingerprint density at radius 2 is 2.00 bits per heavy atom. The quantitative estimate of drug-likeness (QED) is 0.452. The summed E-state index contributed by atoms with van der Waals surface area (Å²) in [6.07, 6.45) is 2.18. The minimum atomic E-state index is -0.432. The lowest BCUT2D eigenvalue weighted by molar-refractivity contribution is -0.384. The number of nitrogens with two attached hydrogens (primary N) is 1. The number of nitrogens with zero attached hydrogens (tertiary/aromatic N) is 1. The standard InChI is InChI=1S/C12H19N3O2/c1-3-9(4-2)8-14-11-5-10(13)6-12(7-11)15(16)17/h5-7,9,14H,3-4,8,13H2,1-2H3. The molecule has 0 unspecified atom stereocenters. The van der Waals surface area contributed by atoms with Crippen LogP contribution < -0.4 is 11.1 Å². The van der Waals surface area contributed by atoms with Crippen molar-refractivity contribution in [3.63, 3.8) is 0 Å². The smallest absolute Gasteiger partial charge is 0.273 e. The maximum Gasteiger partial charge on any atom is 0.273 e. The number of rotatable bonds is 6. The van der Waals surface area contributed by atoms with Gasteiger partial charge in [0, 0.05) is 30.1 Å². The van der Waals surface area contributed by atoms with Crippen LogP contribution in [0.5, 0.6) is 0 Å². The van der Waals surface area contributed by atoms with Crippen molar-refractivity contribution in [2.75, 3.05) is 17.6 Å². The molecule has 0 aliphatic heterocycles. The monoisotopic (exact) mass is 237 g/mol. The van der Waals surface area contributed by atoms with Crippen molar-refractivity contribution in [3.05, 3.63) is 28.3 Å². The molecular weight excluding hydrogens is 218 g/mol. The number of hydrogen-bond acceptors (Lipinski definition) is 4. The van der Waals surface area contributed by atoms with Gasteiger partial charge >= 0.3 is 0 Å². The normalized spacial score (nSPS) is 10.5. The van der Waals surface area contributed by atoms with E-state index in [1.54, 1.807) is 6.07 Å². The second kappa shape index (κ2) is 6.08. The average Bonchev–Trinajstić information content (AvgIpc) is 2.29. The van der Waals surface area contributed by atoms with Gasteiger partial charge in [0.05, 0.1) is 4.92 Å². The molecule has 0 radical (unpaired) electrons. The Morgan fingerprint density at radius 1 is 1.35 bits per heavy atom. The number of benzene rings is 1. The van der Waals surface area contributed by atoms with Crippen molar-refractivity contribution in [1.82, 2.24) is 0 Å². The van der Waals surface area contributed by atoms with Crippen LogP contribution in [0.1, 0.15) is 26.7 Å². The molecule has 0 aliphatic rings. The van der Waals surface area contributed by atoms with Gasteiger partial charge < -0.3 is 11.1 Å². The number of anilines is 2. The molecule has 5 nitrogen and oxygen atoms in total. The lowest BCUT2D eigenvalue weighted by atomic mass is 10.0. The highest BCUT2D eigenvalue weighted by atomic mass is 16.6. The fourth-order valence-corrected chi connectivity index (χ4v) is 1.68. The van der Waals surface area contributed by atoms with Gasteiger partial charge in [-0.3, -0.25) is 10.1 Å². The van der Waals surface area contributed by atoms with Crippen LogP contribution in [-0.2, 0) is 0 Å². The Morgan fingerprint density at radius 3 is 2.53 bits per heavy atom. The third kappa shape index (κ3) is 3.94. The van der Waals surface area contributed by atoms with Crippen molar-refractivity contribution in [2.24, 2.45) is 5.92 Å². The Kier molecular flexibility index (Phi) is 4.75. The van der Waals surface area contributed by atoms with E-state index in [0.29, 0.717) is 17.3 Å². The lowest BCUT2D eigenvalue weighted by Crippen LogP contribution is -2.12. The molecule has 17 heavy (non-hydrogen) atoms. The van der Waals surface area contributed by atoms with E-state index in [1.807, 2.05) is 0 Å². The van der Waals surface area contributed by atoms with Crippen molar-refractivity contribution in [1.29, 1.82) is 0 Å². The summed E-state index contributed by atoms with van der Waals surface area (Å²) in [4.78, 5) is 10.2. The first kappa shape index (κ1) is 13.3. The number of nitro groups is 1. The van der Waals surface area contributed by atoms with Gasteiger partial charge in [-0.25, -0.2) is 0 Å². The second-order valence-electron chi connectivity index (χ2n) is 4.13. The summed E-state index contributed by atoms with van der Waals surface area (Å²) in [7, 11) is 0. The topological polar surface area (TPSA) is 81.2 Å². The van der Waals surface area contributed by atoms with Crippen LogP contribution in [0.15, 0.2) is 18.2 Å². The molecular formula is C12H19N3O2. The predicted molar refractivity (Wildman–Crippen MR) is 70.1 cm³/mol. The molecule has 94 valence electrons. The van der Waals surface area contributed by atoms with Crippen LogP contribution in [-0.4, -0.2) is 11.5 Å². The van der Waals surface area contributed by atoms with Crippen molar-refractivity contribution >= 4 is 17.1 Å². The van der Waals surface area contributed by atoms with E-state index < -0.39 is 4.92 Å². The maximum atomic E-state index is 10.7. The molecule has 0 bridgehead atoms. The molecule has 5 heteroatoms. The summed E-state index contributed by atoms with van der Waals surface area (Å²) >= 11 is 0. The molecule has 0 fully saturated rings. The molecule has 1 aromatic carbocycles. The van der Waals surface area contributed by atoms with Crippen LogP contribution in [0.4, 0.5) is 17.1 Å². The Labute approximate surface area is 101 Å². The highest BCUT2D eigenvalue weighted by molar-refractivity contribution is 5.61. The molecule has 0 atom stereocenters. The summed E-state index contributed by atoms with van der Waals surface area (Å²) in [5, 5.41) is 13.9. The van der Waals surface area contributed by atoms with E-state index in [-0.39, 0.29) is 5.69 Å². The van der Waals surface area contributed by atoms with Crippen molar-refractivity contribution < 1.29 is 4.92 Å². The minimum absolute atomic E-state index is 0.0250. The molecule has 0 spiro atoms. The van der Waals surface area contributed by atoms with Gasteiger partial charge in [-0.15, -0.1) is 0 Å². The first-order valence-electron chi connectivity index (χ1n) is 5.85.